The van der Waals surface area contributed by atoms with E-state index in [0.717, 1.165) is 94.4 Å². The molecule has 0 fully saturated rings. The summed E-state index contributed by atoms with van der Waals surface area (Å²) < 4.78 is 24.5. The van der Waals surface area contributed by atoms with Crippen LogP contribution in [-0.2, 0) is 19.8 Å². The van der Waals surface area contributed by atoms with Gasteiger partial charge in [0.25, 0.3) is 0 Å². The van der Waals surface area contributed by atoms with Crippen molar-refractivity contribution >= 4 is 0 Å². The van der Waals surface area contributed by atoms with Crippen LogP contribution in [0.5, 0.6) is 23.0 Å². The number of benzene rings is 4. The maximum atomic E-state index is 9.52. The van der Waals surface area contributed by atoms with Gasteiger partial charge in [-0.2, -0.15) is 5.26 Å². The standard InChI is InChI=1S/C41H49N3O6/c1-29-20-35(25-44(3)17-16-43-15-5-4-11-36(46)26-45)40(49-27-32-9-6-8-31(21-32)24-42)23-39(29)50-28-34-10-7-12-37(30(34)2)33-13-14-38-41(22-33)48-19-18-47-38/h6-10,12-14,20-23,36,43,45-46H,4-5,11,15-19,25-28H2,1-3H3. The van der Waals surface area contributed by atoms with E-state index in [-0.39, 0.29) is 6.61 Å². The Morgan fingerprint density at radius 2 is 1.68 bits per heavy atom. The lowest BCUT2D eigenvalue weighted by atomic mass is 9.96. The van der Waals surface area contributed by atoms with Gasteiger partial charge in [-0.1, -0.05) is 36.4 Å². The lowest BCUT2D eigenvalue weighted by molar-refractivity contribution is 0.0861. The van der Waals surface area contributed by atoms with E-state index >= 15 is 0 Å². The third-order valence-corrected chi connectivity index (χ3v) is 8.95. The molecule has 0 amide bonds. The fourth-order valence-electron chi connectivity index (χ4n) is 6.04. The quantitative estimate of drug-likeness (QED) is 0.104. The zero-order chi connectivity index (χ0) is 35.3. The van der Waals surface area contributed by atoms with E-state index < -0.39 is 6.10 Å². The molecule has 0 aromatic heterocycles. The van der Waals surface area contributed by atoms with Crippen LogP contribution < -0.4 is 24.3 Å². The first-order chi connectivity index (χ1) is 24.3. The van der Waals surface area contributed by atoms with Crippen LogP contribution in [-0.4, -0.2) is 67.7 Å². The number of nitriles is 1. The Balaban J connectivity index is 1.27. The van der Waals surface area contributed by atoms with Crippen molar-refractivity contribution in [2.45, 2.75) is 59.0 Å². The zero-order valence-electron chi connectivity index (χ0n) is 29.4. The maximum Gasteiger partial charge on any atom is 0.161 e. The number of fused-ring (bicyclic) bond motifs is 1. The van der Waals surface area contributed by atoms with Crippen LogP contribution in [0.3, 0.4) is 0 Å². The van der Waals surface area contributed by atoms with Gasteiger partial charge in [0.15, 0.2) is 11.5 Å². The highest BCUT2D eigenvalue weighted by atomic mass is 16.6. The summed E-state index contributed by atoms with van der Waals surface area (Å²) in [4.78, 5) is 2.26. The molecule has 1 atom stereocenters. The van der Waals surface area contributed by atoms with E-state index in [4.69, 9.17) is 24.1 Å². The van der Waals surface area contributed by atoms with Crippen molar-refractivity contribution in [2.24, 2.45) is 0 Å². The first-order valence-electron chi connectivity index (χ1n) is 17.4. The molecule has 0 radical (unpaired) electrons. The molecule has 1 unspecified atom stereocenters. The second-order valence-corrected chi connectivity index (χ2v) is 12.9. The minimum Gasteiger partial charge on any atom is -0.488 e. The summed E-state index contributed by atoms with van der Waals surface area (Å²) in [5, 5.41) is 31.3. The van der Waals surface area contributed by atoms with E-state index in [1.807, 2.05) is 36.4 Å². The second-order valence-electron chi connectivity index (χ2n) is 12.9. The number of nitrogens with one attached hydrogen (secondary N) is 1. The van der Waals surface area contributed by atoms with Crippen molar-refractivity contribution in [1.29, 1.82) is 5.26 Å². The molecule has 0 aliphatic carbocycles. The number of rotatable bonds is 18. The van der Waals surface area contributed by atoms with Crippen LogP contribution >= 0.6 is 0 Å². The second kappa shape index (κ2) is 18.4. The molecular weight excluding hydrogens is 630 g/mol. The van der Waals surface area contributed by atoms with Crippen LogP contribution in [0.4, 0.5) is 0 Å². The van der Waals surface area contributed by atoms with Crippen LogP contribution in [0, 0.1) is 25.2 Å². The Morgan fingerprint density at radius 3 is 2.50 bits per heavy atom. The molecule has 0 bridgehead atoms. The van der Waals surface area contributed by atoms with Gasteiger partial charge in [0, 0.05) is 31.3 Å². The SMILES string of the molecule is Cc1cc(CN(C)CCNCCCCC(O)CO)c(OCc2cccc(C#N)c2)cc1OCc1cccc(-c2ccc3c(c2)OCCO3)c1C. The number of nitrogens with zero attached hydrogens (tertiary/aromatic N) is 2. The maximum absolute atomic E-state index is 9.52. The van der Waals surface area contributed by atoms with Crippen molar-refractivity contribution in [3.8, 4) is 40.2 Å². The Kier molecular flexibility index (Phi) is 13.5. The molecule has 264 valence electrons. The number of ether oxygens (including phenoxy) is 4. The third-order valence-electron chi connectivity index (χ3n) is 8.95. The van der Waals surface area contributed by atoms with E-state index in [2.05, 4.69) is 67.5 Å². The Hall–Kier alpha value is -4.59. The van der Waals surface area contributed by atoms with Crippen LogP contribution in [0.1, 0.15) is 52.6 Å². The smallest absolute Gasteiger partial charge is 0.161 e. The molecule has 0 saturated heterocycles. The van der Waals surface area contributed by atoms with Gasteiger partial charge < -0.3 is 39.4 Å². The topological polar surface area (TPSA) is 116 Å². The van der Waals surface area contributed by atoms with Gasteiger partial charge in [0.2, 0.25) is 0 Å². The summed E-state index contributed by atoms with van der Waals surface area (Å²) >= 11 is 0. The molecule has 3 N–H and O–H groups in total. The van der Waals surface area contributed by atoms with Crippen molar-refractivity contribution in [3.63, 3.8) is 0 Å². The van der Waals surface area contributed by atoms with Crippen molar-refractivity contribution in [2.75, 3.05) is 46.5 Å². The highest BCUT2D eigenvalue weighted by Gasteiger charge is 2.16. The van der Waals surface area contributed by atoms with Gasteiger partial charge in [-0.3, -0.25) is 0 Å². The zero-order valence-corrected chi connectivity index (χ0v) is 29.4. The Labute approximate surface area is 296 Å². The van der Waals surface area contributed by atoms with E-state index in [0.29, 0.717) is 45.0 Å². The van der Waals surface area contributed by atoms with E-state index in [9.17, 15) is 10.4 Å². The largest absolute Gasteiger partial charge is 0.488 e. The number of aryl methyl sites for hydroxylation is 1. The monoisotopic (exact) mass is 679 g/mol. The number of hydrogen-bond acceptors (Lipinski definition) is 9. The minimum atomic E-state index is -0.625. The molecular formula is C41H49N3O6. The number of aliphatic hydroxyl groups is 2. The van der Waals surface area contributed by atoms with Crippen LogP contribution in [0.15, 0.2) is 72.8 Å². The van der Waals surface area contributed by atoms with Gasteiger partial charge in [0.1, 0.15) is 37.9 Å². The average Bonchev–Trinajstić information content (AvgIpc) is 3.13. The molecule has 9 heteroatoms. The van der Waals surface area contributed by atoms with Crippen molar-refractivity contribution < 1.29 is 29.2 Å². The summed E-state index contributed by atoms with van der Waals surface area (Å²) in [5.41, 5.74) is 8.04. The highest BCUT2D eigenvalue weighted by Crippen LogP contribution is 2.37. The minimum absolute atomic E-state index is 0.181. The van der Waals surface area contributed by atoms with Crippen LogP contribution in [0.25, 0.3) is 11.1 Å². The number of unbranched alkanes of at least 4 members (excludes halogenated alkanes) is 1. The van der Waals surface area contributed by atoms with Gasteiger partial charge in [0.05, 0.1) is 24.3 Å². The lowest BCUT2D eigenvalue weighted by Gasteiger charge is -2.22. The molecule has 1 heterocycles. The normalized spacial score (nSPS) is 12.8. The molecule has 0 spiro atoms. The van der Waals surface area contributed by atoms with Crippen molar-refractivity contribution in [1.82, 2.24) is 10.2 Å². The summed E-state index contributed by atoms with van der Waals surface area (Å²) in [6.07, 6.45) is 1.82. The third kappa shape index (κ3) is 10.2. The fraction of sp³-hybridized carbons (Fsp3) is 0.390. The number of aliphatic hydroxyl groups excluding tert-OH is 2. The Morgan fingerprint density at radius 1 is 0.880 bits per heavy atom. The first kappa shape index (κ1) is 36.7. The summed E-state index contributed by atoms with van der Waals surface area (Å²) in [5.74, 6) is 3.05. The molecule has 9 nitrogen and oxygen atoms in total. The molecule has 1 aliphatic heterocycles. The average molecular weight is 680 g/mol. The summed E-state index contributed by atoms with van der Waals surface area (Å²) in [6, 6.07) is 26.2. The van der Waals surface area contributed by atoms with E-state index in [1.165, 1.54) is 0 Å². The van der Waals surface area contributed by atoms with E-state index in [1.54, 1.807) is 6.07 Å². The molecule has 5 rings (SSSR count). The Bertz CT molecular complexity index is 1750. The lowest BCUT2D eigenvalue weighted by Crippen LogP contribution is -2.29. The van der Waals surface area contributed by atoms with Gasteiger partial charge in [-0.05, 0) is 110 Å². The molecule has 4 aromatic carbocycles. The van der Waals surface area contributed by atoms with Crippen molar-refractivity contribution in [3.05, 3.63) is 106 Å². The number of hydrogen-bond donors (Lipinski definition) is 3. The first-order valence-corrected chi connectivity index (χ1v) is 17.4. The van der Waals surface area contributed by atoms with Gasteiger partial charge in [-0.15, -0.1) is 0 Å². The number of likely N-dealkylation sites (N-methyl/N-ethyl adjacent to an activating group) is 1. The van der Waals surface area contributed by atoms with Gasteiger partial charge >= 0.3 is 0 Å². The highest BCUT2D eigenvalue weighted by molar-refractivity contribution is 5.71. The van der Waals surface area contributed by atoms with Crippen LogP contribution in [0.2, 0.25) is 0 Å². The van der Waals surface area contributed by atoms with Gasteiger partial charge in [-0.25, -0.2) is 0 Å². The summed E-state index contributed by atoms with van der Waals surface area (Å²) in [7, 11) is 2.09. The molecule has 4 aromatic rings. The molecule has 50 heavy (non-hydrogen) atoms. The predicted molar refractivity (Wildman–Crippen MR) is 195 cm³/mol. The molecule has 0 saturated carbocycles. The molecule has 1 aliphatic rings. The summed E-state index contributed by atoms with van der Waals surface area (Å²) in [6.45, 7) is 9.09. The fourth-order valence-corrected chi connectivity index (χ4v) is 6.04. The predicted octanol–water partition coefficient (Wildman–Crippen LogP) is 6.32.